The Bertz CT molecular complexity index is 584. The molecule has 0 saturated carbocycles. The molecule has 1 aromatic carbocycles. The molecule has 0 fully saturated rings. The number of nitrogens with zero attached hydrogens (tertiary/aromatic N) is 2. The zero-order valence-corrected chi connectivity index (χ0v) is 11.3. The smallest absolute Gasteiger partial charge is 0.330 e. The minimum absolute atomic E-state index is 0.378. The van der Waals surface area contributed by atoms with E-state index < -0.39 is 18.0 Å². The van der Waals surface area contributed by atoms with Gasteiger partial charge in [0, 0.05) is 25.5 Å². The highest BCUT2D eigenvalue weighted by Crippen LogP contribution is 2.12. The Morgan fingerprint density at radius 3 is 2.67 bits per heavy atom. The van der Waals surface area contributed by atoms with E-state index in [-0.39, 0.29) is 0 Å². The maximum Gasteiger partial charge on any atom is 0.330 e. The number of hydrogen-bond acceptors (Lipinski definition) is 3. The lowest BCUT2D eigenvalue weighted by Crippen LogP contribution is -2.41. The van der Waals surface area contributed by atoms with Gasteiger partial charge < -0.3 is 20.3 Å². The summed E-state index contributed by atoms with van der Waals surface area (Å²) in [5, 5.41) is 14.2. The molecule has 2 amide bonds. The summed E-state index contributed by atoms with van der Waals surface area (Å²) in [5.74, 6) is -1.11. The third kappa shape index (κ3) is 4.34. The minimum atomic E-state index is -1.11. The molecule has 2 rings (SSSR count). The van der Waals surface area contributed by atoms with E-state index in [9.17, 15) is 14.7 Å². The first-order chi connectivity index (χ1) is 10.2. The second-order valence-corrected chi connectivity index (χ2v) is 4.38. The van der Waals surface area contributed by atoms with Gasteiger partial charge >= 0.3 is 12.0 Å². The van der Waals surface area contributed by atoms with Crippen molar-refractivity contribution in [3.63, 3.8) is 0 Å². The van der Waals surface area contributed by atoms with Crippen LogP contribution in [0.3, 0.4) is 0 Å². The molecule has 0 bridgehead atoms. The molecule has 0 aliphatic heterocycles. The van der Waals surface area contributed by atoms with Gasteiger partial charge in [0.1, 0.15) is 0 Å². The van der Waals surface area contributed by atoms with E-state index in [4.69, 9.17) is 0 Å². The van der Waals surface area contributed by atoms with Crippen LogP contribution in [0.4, 0.5) is 4.79 Å². The summed E-state index contributed by atoms with van der Waals surface area (Å²) in [4.78, 5) is 26.9. The standard InChI is InChI=1S/C14H16N4O3/c19-13(20)12(11-4-2-1-3-5-11)17-14(21)16-7-9-18-8-6-15-10-18/h1-6,8,10,12H,7,9H2,(H,19,20)(H2,16,17,21). The van der Waals surface area contributed by atoms with Gasteiger partial charge in [-0.1, -0.05) is 30.3 Å². The van der Waals surface area contributed by atoms with Crippen molar-refractivity contribution in [2.75, 3.05) is 6.54 Å². The molecule has 0 saturated heterocycles. The normalized spacial score (nSPS) is 11.6. The number of nitrogens with one attached hydrogen (secondary N) is 2. The van der Waals surface area contributed by atoms with Gasteiger partial charge in [0.15, 0.2) is 6.04 Å². The fraction of sp³-hybridized carbons (Fsp3) is 0.214. The van der Waals surface area contributed by atoms with E-state index in [1.807, 2.05) is 4.57 Å². The molecular weight excluding hydrogens is 272 g/mol. The maximum atomic E-state index is 11.7. The lowest BCUT2D eigenvalue weighted by Gasteiger charge is -2.15. The first kappa shape index (κ1) is 14.6. The van der Waals surface area contributed by atoms with E-state index in [1.54, 1.807) is 49.1 Å². The van der Waals surface area contributed by atoms with Crippen LogP contribution in [0.25, 0.3) is 0 Å². The van der Waals surface area contributed by atoms with Crippen LogP contribution in [0, 0.1) is 0 Å². The molecule has 2 aromatic rings. The van der Waals surface area contributed by atoms with Crippen LogP contribution in [0.15, 0.2) is 49.1 Å². The van der Waals surface area contributed by atoms with Crippen molar-refractivity contribution in [2.24, 2.45) is 0 Å². The van der Waals surface area contributed by atoms with Crippen LogP contribution in [0.1, 0.15) is 11.6 Å². The van der Waals surface area contributed by atoms with Gasteiger partial charge in [0.2, 0.25) is 0 Å². The highest BCUT2D eigenvalue weighted by Gasteiger charge is 2.21. The van der Waals surface area contributed by atoms with Crippen LogP contribution in [-0.4, -0.2) is 33.2 Å². The number of carboxylic acids is 1. The van der Waals surface area contributed by atoms with E-state index in [2.05, 4.69) is 15.6 Å². The second-order valence-electron chi connectivity index (χ2n) is 4.38. The van der Waals surface area contributed by atoms with Crippen molar-refractivity contribution in [1.29, 1.82) is 0 Å². The Hall–Kier alpha value is -2.83. The fourth-order valence-electron chi connectivity index (χ4n) is 1.83. The van der Waals surface area contributed by atoms with Gasteiger partial charge in [-0.2, -0.15) is 0 Å². The molecule has 1 aromatic heterocycles. The molecule has 1 atom stereocenters. The number of aromatic nitrogens is 2. The van der Waals surface area contributed by atoms with Crippen molar-refractivity contribution >= 4 is 12.0 Å². The Labute approximate surface area is 121 Å². The highest BCUT2D eigenvalue weighted by molar-refractivity contribution is 5.83. The Morgan fingerprint density at radius 2 is 2.05 bits per heavy atom. The van der Waals surface area contributed by atoms with Crippen LogP contribution < -0.4 is 10.6 Å². The molecule has 0 spiro atoms. The Balaban J connectivity index is 1.85. The molecular formula is C14H16N4O3. The van der Waals surface area contributed by atoms with Crippen LogP contribution >= 0.6 is 0 Å². The number of amides is 2. The van der Waals surface area contributed by atoms with Crippen molar-refractivity contribution in [3.8, 4) is 0 Å². The summed E-state index contributed by atoms with van der Waals surface area (Å²) >= 11 is 0. The van der Waals surface area contributed by atoms with E-state index in [0.717, 1.165) is 0 Å². The zero-order chi connectivity index (χ0) is 15.1. The Kier molecular flexibility index (Phi) is 4.92. The molecule has 7 heteroatoms. The molecule has 1 heterocycles. The minimum Gasteiger partial charge on any atom is -0.479 e. The lowest BCUT2D eigenvalue weighted by molar-refractivity contribution is -0.139. The summed E-state index contributed by atoms with van der Waals surface area (Å²) in [7, 11) is 0. The van der Waals surface area contributed by atoms with Gasteiger partial charge in [-0.3, -0.25) is 0 Å². The summed E-state index contributed by atoms with van der Waals surface area (Å²) in [6, 6.07) is 6.96. The number of aliphatic carboxylic acids is 1. The quantitative estimate of drug-likeness (QED) is 0.739. The number of carbonyl (C=O) groups excluding carboxylic acids is 1. The molecule has 7 nitrogen and oxygen atoms in total. The monoisotopic (exact) mass is 288 g/mol. The number of carbonyl (C=O) groups is 2. The number of imidazole rings is 1. The first-order valence-corrected chi connectivity index (χ1v) is 6.44. The molecule has 3 N–H and O–H groups in total. The van der Waals surface area contributed by atoms with Crippen molar-refractivity contribution < 1.29 is 14.7 Å². The third-order valence-corrected chi connectivity index (χ3v) is 2.87. The predicted molar refractivity (Wildman–Crippen MR) is 75.6 cm³/mol. The predicted octanol–water partition coefficient (Wildman–Crippen LogP) is 1.01. The van der Waals surface area contributed by atoms with Crippen molar-refractivity contribution in [1.82, 2.24) is 20.2 Å². The van der Waals surface area contributed by atoms with Gasteiger partial charge in [-0.15, -0.1) is 0 Å². The molecule has 110 valence electrons. The SMILES string of the molecule is O=C(NCCn1ccnc1)NC(C(=O)O)c1ccccc1. The molecule has 21 heavy (non-hydrogen) atoms. The largest absolute Gasteiger partial charge is 0.479 e. The van der Waals surface area contributed by atoms with Gasteiger partial charge in [0.05, 0.1) is 6.33 Å². The summed E-state index contributed by atoms with van der Waals surface area (Å²) in [6.45, 7) is 0.944. The van der Waals surface area contributed by atoms with E-state index >= 15 is 0 Å². The van der Waals surface area contributed by atoms with Gasteiger partial charge in [-0.25, -0.2) is 14.6 Å². The lowest BCUT2D eigenvalue weighted by atomic mass is 10.1. The van der Waals surface area contributed by atoms with Crippen LogP contribution in [0.5, 0.6) is 0 Å². The number of urea groups is 1. The van der Waals surface area contributed by atoms with Gasteiger partial charge in [0.25, 0.3) is 0 Å². The average Bonchev–Trinajstić information content (AvgIpc) is 2.98. The zero-order valence-electron chi connectivity index (χ0n) is 11.3. The number of hydrogen-bond donors (Lipinski definition) is 3. The first-order valence-electron chi connectivity index (χ1n) is 6.44. The van der Waals surface area contributed by atoms with E-state index in [0.29, 0.717) is 18.7 Å². The van der Waals surface area contributed by atoms with Crippen molar-refractivity contribution in [3.05, 3.63) is 54.6 Å². The average molecular weight is 288 g/mol. The topological polar surface area (TPSA) is 96.3 Å². The highest BCUT2D eigenvalue weighted by atomic mass is 16.4. The van der Waals surface area contributed by atoms with Crippen LogP contribution in [0.2, 0.25) is 0 Å². The number of carboxylic acid groups (broad SMARTS) is 1. The number of rotatable bonds is 6. The number of benzene rings is 1. The van der Waals surface area contributed by atoms with Crippen molar-refractivity contribution in [2.45, 2.75) is 12.6 Å². The molecule has 0 aliphatic carbocycles. The summed E-state index contributed by atoms with van der Waals surface area (Å²) < 4.78 is 1.81. The van der Waals surface area contributed by atoms with Gasteiger partial charge in [-0.05, 0) is 5.56 Å². The third-order valence-electron chi connectivity index (χ3n) is 2.87. The summed E-state index contributed by atoms with van der Waals surface area (Å²) in [6.07, 6.45) is 5.07. The summed E-state index contributed by atoms with van der Waals surface area (Å²) in [5.41, 5.74) is 0.523. The fourth-order valence-corrected chi connectivity index (χ4v) is 1.83. The molecule has 1 unspecified atom stereocenters. The second kappa shape index (κ2) is 7.09. The maximum absolute atomic E-state index is 11.7. The molecule has 0 radical (unpaired) electrons. The molecule has 0 aliphatic rings. The van der Waals surface area contributed by atoms with Crippen LogP contribution in [-0.2, 0) is 11.3 Å². The Morgan fingerprint density at radius 1 is 1.29 bits per heavy atom. The van der Waals surface area contributed by atoms with E-state index in [1.165, 1.54) is 0 Å².